The molecule has 0 amide bonds. The number of hydrogen-bond donors (Lipinski definition) is 0. The van der Waals surface area contributed by atoms with E-state index >= 15 is 0 Å². The Labute approximate surface area is 124 Å². The van der Waals surface area contributed by atoms with Crippen LogP contribution >= 0.6 is 23.2 Å². The molecule has 0 aliphatic rings. The average molecular weight is 304 g/mol. The zero-order chi connectivity index (χ0) is 14.1. The third kappa shape index (κ3) is 5.70. The van der Waals surface area contributed by atoms with Crippen LogP contribution in [0.2, 0.25) is 0 Å². The summed E-state index contributed by atoms with van der Waals surface area (Å²) in [6.45, 7) is 3.46. The molecule has 0 fully saturated rings. The van der Waals surface area contributed by atoms with Gasteiger partial charge in [0.05, 0.1) is 0 Å². The van der Waals surface area contributed by atoms with E-state index in [0.29, 0.717) is 23.9 Å². The summed E-state index contributed by atoms with van der Waals surface area (Å²) in [4.78, 5) is 13.3. The van der Waals surface area contributed by atoms with Crippen molar-refractivity contribution in [3.8, 4) is 5.75 Å². The number of alkyl halides is 2. The fraction of sp³-hybridized carbons (Fsp3) is 0.500. The second-order valence-electron chi connectivity index (χ2n) is 4.04. The normalized spacial score (nSPS) is 10.3. The first kappa shape index (κ1) is 16.1. The van der Waals surface area contributed by atoms with Gasteiger partial charge in [0, 0.05) is 37.0 Å². The van der Waals surface area contributed by atoms with Crippen molar-refractivity contribution in [2.75, 3.05) is 36.4 Å². The molecule has 1 aromatic carbocycles. The summed E-state index contributed by atoms with van der Waals surface area (Å²) in [7, 11) is 0. The maximum Gasteiger partial charge on any atom is 0.169 e. The van der Waals surface area contributed by atoms with Gasteiger partial charge < -0.3 is 9.64 Å². The molecule has 0 saturated carbocycles. The highest BCUT2D eigenvalue weighted by atomic mass is 35.5. The minimum atomic E-state index is 0.0926. The molecule has 0 atom stereocenters. The van der Waals surface area contributed by atoms with Crippen LogP contribution < -0.4 is 9.64 Å². The van der Waals surface area contributed by atoms with E-state index in [4.69, 9.17) is 27.9 Å². The van der Waals surface area contributed by atoms with Gasteiger partial charge >= 0.3 is 0 Å². The van der Waals surface area contributed by atoms with Crippen LogP contribution in [0.5, 0.6) is 5.75 Å². The molecule has 0 aliphatic heterocycles. The molecule has 1 rings (SSSR count). The Morgan fingerprint density at radius 1 is 1.16 bits per heavy atom. The lowest BCUT2D eigenvalue weighted by Crippen LogP contribution is -2.27. The number of rotatable bonds is 9. The Morgan fingerprint density at radius 3 is 2.21 bits per heavy atom. The van der Waals surface area contributed by atoms with Crippen molar-refractivity contribution in [2.24, 2.45) is 0 Å². The van der Waals surface area contributed by atoms with E-state index in [1.807, 2.05) is 31.2 Å². The number of ketones is 1. The van der Waals surface area contributed by atoms with Gasteiger partial charge in [-0.1, -0.05) is 6.92 Å². The highest BCUT2D eigenvalue weighted by Crippen LogP contribution is 2.19. The first-order valence-corrected chi connectivity index (χ1v) is 7.39. The average Bonchev–Trinajstić information content (AvgIpc) is 2.45. The second-order valence-corrected chi connectivity index (χ2v) is 4.80. The summed E-state index contributed by atoms with van der Waals surface area (Å²) in [5, 5.41) is 0. The SMILES string of the molecule is CCC(=O)COc1ccc(N(CCCl)CCCl)cc1. The predicted molar refractivity (Wildman–Crippen MR) is 80.9 cm³/mol. The molecule has 0 bridgehead atoms. The van der Waals surface area contributed by atoms with E-state index in [9.17, 15) is 4.79 Å². The molecular formula is C14H19Cl2NO2. The van der Waals surface area contributed by atoms with Gasteiger partial charge in [-0.15, -0.1) is 23.2 Å². The Kier molecular flexibility index (Phi) is 7.68. The number of carbonyl (C=O) groups is 1. The molecule has 0 radical (unpaired) electrons. The number of Topliss-reactive ketones (excluding diaryl/α,β-unsaturated/α-hetero) is 1. The van der Waals surface area contributed by atoms with Crippen LogP contribution in [0.4, 0.5) is 5.69 Å². The highest BCUT2D eigenvalue weighted by molar-refractivity contribution is 6.18. The largest absolute Gasteiger partial charge is 0.486 e. The van der Waals surface area contributed by atoms with Crippen molar-refractivity contribution in [1.82, 2.24) is 0 Å². The summed E-state index contributed by atoms with van der Waals surface area (Å²) in [6, 6.07) is 7.61. The van der Waals surface area contributed by atoms with E-state index in [1.165, 1.54) is 0 Å². The quantitative estimate of drug-likeness (QED) is 0.655. The zero-order valence-corrected chi connectivity index (χ0v) is 12.6. The molecule has 5 heteroatoms. The lowest BCUT2D eigenvalue weighted by Gasteiger charge is -2.22. The fourth-order valence-electron chi connectivity index (χ4n) is 1.59. The third-order valence-electron chi connectivity index (χ3n) is 2.70. The van der Waals surface area contributed by atoms with Crippen LogP contribution in [0.15, 0.2) is 24.3 Å². The van der Waals surface area contributed by atoms with E-state index in [0.717, 1.165) is 18.8 Å². The molecule has 106 valence electrons. The number of nitrogens with zero attached hydrogens (tertiary/aromatic N) is 1. The molecule has 0 saturated heterocycles. The Bertz CT molecular complexity index is 376. The summed E-state index contributed by atoms with van der Waals surface area (Å²) < 4.78 is 5.39. The van der Waals surface area contributed by atoms with Crippen molar-refractivity contribution in [1.29, 1.82) is 0 Å². The molecule has 0 spiro atoms. The smallest absolute Gasteiger partial charge is 0.169 e. The molecule has 0 unspecified atom stereocenters. The Morgan fingerprint density at radius 2 is 1.74 bits per heavy atom. The first-order chi connectivity index (χ1) is 9.21. The minimum absolute atomic E-state index is 0.0926. The van der Waals surface area contributed by atoms with Gasteiger partial charge in [0.25, 0.3) is 0 Å². The van der Waals surface area contributed by atoms with Gasteiger partial charge in [-0.25, -0.2) is 0 Å². The summed E-state index contributed by atoms with van der Waals surface area (Å²) in [6.07, 6.45) is 0.497. The van der Waals surface area contributed by atoms with Gasteiger partial charge in [-0.2, -0.15) is 0 Å². The maximum atomic E-state index is 11.2. The highest BCUT2D eigenvalue weighted by Gasteiger charge is 2.06. The van der Waals surface area contributed by atoms with Gasteiger partial charge in [0.15, 0.2) is 5.78 Å². The van der Waals surface area contributed by atoms with E-state index in [1.54, 1.807) is 0 Å². The summed E-state index contributed by atoms with van der Waals surface area (Å²) >= 11 is 11.5. The monoisotopic (exact) mass is 303 g/mol. The predicted octanol–water partition coefficient (Wildman–Crippen LogP) is 3.33. The van der Waals surface area contributed by atoms with E-state index in [2.05, 4.69) is 4.90 Å². The standard InChI is InChI=1S/C14H19Cl2NO2/c1-2-13(18)11-19-14-5-3-12(4-6-14)17(9-7-15)10-8-16/h3-6H,2,7-11H2,1H3. The molecule has 0 aromatic heterocycles. The lowest BCUT2D eigenvalue weighted by atomic mass is 10.2. The fourth-order valence-corrected chi connectivity index (χ4v) is 2.00. The molecule has 0 heterocycles. The van der Waals surface area contributed by atoms with Crippen molar-refractivity contribution in [3.05, 3.63) is 24.3 Å². The summed E-state index contributed by atoms with van der Waals surface area (Å²) in [5.74, 6) is 1.90. The van der Waals surface area contributed by atoms with Crippen LogP contribution in [0, 0.1) is 0 Å². The van der Waals surface area contributed by atoms with Gasteiger partial charge in [0.1, 0.15) is 12.4 Å². The number of anilines is 1. The number of halogens is 2. The van der Waals surface area contributed by atoms with Crippen LogP contribution in [0.25, 0.3) is 0 Å². The molecule has 0 N–H and O–H groups in total. The minimum Gasteiger partial charge on any atom is -0.486 e. The van der Waals surface area contributed by atoms with E-state index < -0.39 is 0 Å². The topological polar surface area (TPSA) is 29.5 Å². The molecular weight excluding hydrogens is 285 g/mol. The van der Waals surface area contributed by atoms with Crippen LogP contribution in [0.3, 0.4) is 0 Å². The van der Waals surface area contributed by atoms with Crippen molar-refractivity contribution in [3.63, 3.8) is 0 Å². The van der Waals surface area contributed by atoms with Crippen LogP contribution in [-0.4, -0.2) is 37.2 Å². The van der Waals surface area contributed by atoms with Crippen molar-refractivity contribution in [2.45, 2.75) is 13.3 Å². The number of benzene rings is 1. The van der Waals surface area contributed by atoms with Gasteiger partial charge in [-0.05, 0) is 24.3 Å². The zero-order valence-electron chi connectivity index (χ0n) is 11.1. The van der Waals surface area contributed by atoms with Crippen LogP contribution in [0.1, 0.15) is 13.3 Å². The number of ether oxygens (including phenoxy) is 1. The molecule has 19 heavy (non-hydrogen) atoms. The van der Waals surface area contributed by atoms with Crippen molar-refractivity contribution < 1.29 is 9.53 Å². The number of hydrogen-bond acceptors (Lipinski definition) is 3. The second kappa shape index (κ2) is 9.05. The Balaban J connectivity index is 2.60. The maximum absolute atomic E-state index is 11.2. The van der Waals surface area contributed by atoms with Gasteiger partial charge in [0.2, 0.25) is 0 Å². The summed E-state index contributed by atoms with van der Waals surface area (Å²) in [5.41, 5.74) is 1.05. The third-order valence-corrected chi connectivity index (χ3v) is 3.04. The van der Waals surface area contributed by atoms with E-state index in [-0.39, 0.29) is 12.4 Å². The molecule has 0 aliphatic carbocycles. The molecule has 3 nitrogen and oxygen atoms in total. The number of carbonyl (C=O) groups excluding carboxylic acids is 1. The lowest BCUT2D eigenvalue weighted by molar-refractivity contribution is -0.120. The van der Waals surface area contributed by atoms with Crippen molar-refractivity contribution >= 4 is 34.7 Å². The first-order valence-electron chi connectivity index (χ1n) is 6.32. The molecule has 1 aromatic rings. The van der Waals surface area contributed by atoms with Gasteiger partial charge in [-0.3, -0.25) is 4.79 Å². The Hall–Kier alpha value is -0.930. The van der Waals surface area contributed by atoms with Crippen LogP contribution in [-0.2, 0) is 4.79 Å².